The Morgan fingerprint density at radius 2 is 1.30 bits per heavy atom. The van der Waals surface area contributed by atoms with Gasteiger partial charge in [-0.2, -0.15) is 0 Å². The molecule has 1 heterocycles. The Hall–Kier alpha value is -0.550. The molecule has 1 atom stereocenters. The van der Waals surface area contributed by atoms with E-state index in [4.69, 9.17) is 0 Å². The predicted octanol–water partition coefficient (Wildman–Crippen LogP) is 6.17. The number of hydrogen-bond acceptors (Lipinski definition) is 1. The van der Waals surface area contributed by atoms with Crippen LogP contribution in [0, 0.1) is 6.92 Å². The van der Waals surface area contributed by atoms with Crippen LogP contribution in [0.2, 0.25) is 0 Å². The van der Waals surface area contributed by atoms with Gasteiger partial charge in [0.05, 0.1) is 7.14 Å². The molecule has 0 N–H and O–H groups in total. The van der Waals surface area contributed by atoms with Gasteiger partial charge in [0.2, 0.25) is 0 Å². The first kappa shape index (κ1) is 21.7. The number of aryl methyl sites for hydroxylation is 3. The molecule has 2 heteroatoms. The fourth-order valence-corrected chi connectivity index (χ4v) is 3.71. The van der Waals surface area contributed by atoms with Gasteiger partial charge in [-0.25, -0.2) is 0 Å². The Balaban J connectivity index is 0. The maximum Gasteiger partial charge on any atom is 0.0854 e. The minimum Gasteiger partial charge on any atom is -0.324 e. The van der Waals surface area contributed by atoms with Crippen molar-refractivity contribution < 1.29 is 4.57 Å². The summed E-state index contributed by atoms with van der Waals surface area (Å²) in [5.74, 6) is 0. The Kier molecular flexibility index (Phi) is 13.3. The average Bonchev–Trinajstić information content (AvgIpc) is 2.64. The molecule has 0 fully saturated rings. The van der Waals surface area contributed by atoms with Crippen LogP contribution in [-0.2, 0) is 17.4 Å². The van der Waals surface area contributed by atoms with Gasteiger partial charge in [0, 0.05) is 12.3 Å². The Morgan fingerprint density at radius 1 is 0.850 bits per heavy atom. The predicted molar refractivity (Wildman–Crippen MR) is 95.9 cm³/mol. The Labute approximate surface area is 127 Å². The fraction of sp³-hybridized carbons (Fsp3) is 0.667. The highest BCUT2D eigenvalue weighted by atomic mass is 31.2. The van der Waals surface area contributed by atoms with Crippen LogP contribution in [0.3, 0.4) is 0 Å². The molecule has 1 nitrogen and oxygen atoms in total. The molecule has 0 bridgehead atoms. The molecule has 20 heavy (non-hydrogen) atoms. The average molecular weight is 298 g/mol. The second-order valence-corrected chi connectivity index (χ2v) is 8.00. The smallest absolute Gasteiger partial charge is 0.0854 e. The highest BCUT2D eigenvalue weighted by molar-refractivity contribution is 7.63. The van der Waals surface area contributed by atoms with Crippen molar-refractivity contribution in [2.24, 2.45) is 0 Å². The van der Waals surface area contributed by atoms with Crippen LogP contribution in [0.1, 0.15) is 58.2 Å². The normalized spacial score (nSPS) is 19.6. The largest absolute Gasteiger partial charge is 0.324 e. The summed E-state index contributed by atoms with van der Waals surface area (Å²) in [7, 11) is -1.83. The third-order valence-corrected chi connectivity index (χ3v) is 5.41. The van der Waals surface area contributed by atoms with Crippen molar-refractivity contribution in [2.75, 3.05) is 19.0 Å². The van der Waals surface area contributed by atoms with Gasteiger partial charge in [-0.3, -0.25) is 0 Å². The third kappa shape index (κ3) is 7.90. The quantitative estimate of drug-likeness (QED) is 0.524. The molecular weight excluding hydrogens is 263 g/mol. The van der Waals surface area contributed by atoms with Gasteiger partial charge in [-0.15, -0.1) is 0 Å². The second kappa shape index (κ2) is 12.2. The van der Waals surface area contributed by atoms with E-state index in [0.717, 1.165) is 25.2 Å². The zero-order chi connectivity index (χ0) is 16.2. The van der Waals surface area contributed by atoms with E-state index in [1.54, 1.807) is 0 Å². The summed E-state index contributed by atoms with van der Waals surface area (Å²) in [6.45, 7) is 16.1. The third-order valence-electron chi connectivity index (χ3n) is 3.07. The maximum absolute atomic E-state index is 12.0. The summed E-state index contributed by atoms with van der Waals surface area (Å²) in [4.78, 5) is 0. The van der Waals surface area contributed by atoms with E-state index in [1.807, 2.05) is 48.2 Å². The van der Waals surface area contributed by atoms with Crippen LogP contribution in [-0.4, -0.2) is 19.0 Å². The van der Waals surface area contributed by atoms with Gasteiger partial charge < -0.3 is 4.57 Å². The van der Waals surface area contributed by atoms with Crippen LogP contribution in [0.25, 0.3) is 0 Å². The minimum absolute atomic E-state index is 0.892. The molecule has 1 aromatic carbocycles. The second-order valence-electron chi connectivity index (χ2n) is 4.52. The minimum atomic E-state index is -1.83. The first-order valence-corrected chi connectivity index (χ1v) is 10.7. The van der Waals surface area contributed by atoms with Gasteiger partial charge in [0.15, 0.2) is 0 Å². The molecule has 2 rings (SSSR count). The summed E-state index contributed by atoms with van der Waals surface area (Å²) < 4.78 is 12.0. The highest BCUT2D eigenvalue weighted by Gasteiger charge is 2.20. The monoisotopic (exact) mass is 298 g/mol. The topological polar surface area (TPSA) is 17.1 Å². The number of rotatable bonds is 0. The molecule has 1 aliphatic heterocycles. The lowest BCUT2D eigenvalue weighted by atomic mass is 10.0. The van der Waals surface area contributed by atoms with Crippen LogP contribution in [0.15, 0.2) is 18.2 Å². The molecule has 0 saturated carbocycles. The van der Waals surface area contributed by atoms with E-state index in [0.29, 0.717) is 0 Å². The Morgan fingerprint density at radius 3 is 1.80 bits per heavy atom. The van der Waals surface area contributed by atoms with Crippen LogP contribution in [0.5, 0.6) is 0 Å². The van der Waals surface area contributed by atoms with Gasteiger partial charge >= 0.3 is 0 Å². The zero-order valence-corrected chi connectivity index (χ0v) is 15.8. The molecule has 1 unspecified atom stereocenters. The molecule has 0 spiro atoms. The van der Waals surface area contributed by atoms with E-state index in [9.17, 15) is 4.57 Å². The van der Waals surface area contributed by atoms with E-state index in [-0.39, 0.29) is 0 Å². The van der Waals surface area contributed by atoms with Gasteiger partial charge in [-0.05, 0) is 37.6 Å². The van der Waals surface area contributed by atoms with E-state index in [1.165, 1.54) is 16.7 Å². The SMILES string of the molecule is CC.CC.CC.Cc1ccc2c(c1)CCP(C)(=O)CC2. The zero-order valence-electron chi connectivity index (χ0n) is 14.9. The van der Waals surface area contributed by atoms with Crippen LogP contribution < -0.4 is 0 Å². The standard InChI is InChI=1S/C12H17OP.3C2H6/c1-10-3-4-11-5-7-14(2,13)8-6-12(11)9-10;3*1-2/h3-4,9H,5-8H2,1-2H3;3*1-2H3. The lowest BCUT2D eigenvalue weighted by molar-refractivity contribution is 0.578. The summed E-state index contributed by atoms with van der Waals surface area (Å²) in [5, 5.41) is 0. The summed E-state index contributed by atoms with van der Waals surface area (Å²) in [6.07, 6.45) is 3.79. The molecule has 0 saturated heterocycles. The van der Waals surface area contributed by atoms with Crippen LogP contribution in [0.4, 0.5) is 0 Å². The van der Waals surface area contributed by atoms with Crippen LogP contribution >= 0.6 is 7.14 Å². The van der Waals surface area contributed by atoms with E-state index in [2.05, 4.69) is 25.1 Å². The van der Waals surface area contributed by atoms with Crippen molar-refractivity contribution in [3.8, 4) is 0 Å². The number of hydrogen-bond donors (Lipinski definition) is 0. The van der Waals surface area contributed by atoms with Crippen molar-refractivity contribution in [2.45, 2.75) is 61.3 Å². The van der Waals surface area contributed by atoms with Crippen molar-refractivity contribution in [1.29, 1.82) is 0 Å². The molecule has 1 aliphatic rings. The lowest BCUT2D eigenvalue weighted by Gasteiger charge is -2.06. The maximum atomic E-state index is 12.0. The molecule has 0 amide bonds. The van der Waals surface area contributed by atoms with Crippen molar-refractivity contribution >= 4 is 7.14 Å². The molecule has 118 valence electrons. The van der Waals surface area contributed by atoms with Crippen molar-refractivity contribution in [3.05, 3.63) is 34.9 Å². The lowest BCUT2D eigenvalue weighted by Crippen LogP contribution is -1.93. The number of fused-ring (bicyclic) bond motifs is 1. The summed E-state index contributed by atoms with van der Waals surface area (Å²) >= 11 is 0. The van der Waals surface area contributed by atoms with Gasteiger partial charge in [0.1, 0.15) is 0 Å². The fourth-order valence-electron chi connectivity index (χ4n) is 2.06. The molecular formula is C18H35OP. The Bertz CT molecular complexity index is 396. The highest BCUT2D eigenvalue weighted by Crippen LogP contribution is 2.44. The summed E-state index contributed by atoms with van der Waals surface area (Å²) in [6, 6.07) is 6.61. The first-order chi connectivity index (χ1) is 9.57. The number of benzene rings is 1. The van der Waals surface area contributed by atoms with Gasteiger partial charge in [0.25, 0.3) is 0 Å². The summed E-state index contributed by atoms with van der Waals surface area (Å²) in [5.41, 5.74) is 4.15. The van der Waals surface area contributed by atoms with Crippen molar-refractivity contribution in [3.63, 3.8) is 0 Å². The molecule has 0 radical (unpaired) electrons. The molecule has 0 aliphatic carbocycles. The molecule has 0 aromatic heterocycles. The van der Waals surface area contributed by atoms with E-state index >= 15 is 0 Å². The van der Waals surface area contributed by atoms with Crippen molar-refractivity contribution in [1.82, 2.24) is 0 Å². The van der Waals surface area contributed by atoms with E-state index < -0.39 is 7.14 Å². The first-order valence-electron chi connectivity index (χ1n) is 8.21. The molecule has 1 aromatic rings. The van der Waals surface area contributed by atoms with Gasteiger partial charge in [-0.1, -0.05) is 65.3 Å².